The van der Waals surface area contributed by atoms with Gasteiger partial charge >= 0.3 is 34.3 Å². The number of halogens is 8. The number of ether oxygens (including phenoxy) is 2. The van der Waals surface area contributed by atoms with E-state index in [1.165, 1.54) is 32.1 Å². The van der Waals surface area contributed by atoms with E-state index < -0.39 is 88.7 Å². The largest absolute Gasteiger partial charge is 0.476 e. The zero-order chi connectivity index (χ0) is 45.9. The van der Waals surface area contributed by atoms with Crippen molar-refractivity contribution in [2.45, 2.75) is 119 Å². The number of esters is 2. The molecule has 0 aromatic rings. The number of carboxylic acids is 1. The molecule has 0 aromatic carbocycles. The first-order valence-electron chi connectivity index (χ1n) is 20.2. The van der Waals surface area contributed by atoms with Crippen LogP contribution < -0.4 is 0 Å². The maximum Gasteiger partial charge on any atom is 0.415 e. The second-order valence-electron chi connectivity index (χ2n) is 15.6. The Balaban J connectivity index is 0.000000249. The lowest BCUT2D eigenvalue weighted by atomic mass is 9.85. The van der Waals surface area contributed by atoms with Gasteiger partial charge in [-0.05, 0) is 93.8 Å². The van der Waals surface area contributed by atoms with Gasteiger partial charge in [0, 0.05) is 6.61 Å². The summed E-state index contributed by atoms with van der Waals surface area (Å²) in [6, 6.07) is 0. The number of carboxylic acid groups (broad SMARTS) is 1. The van der Waals surface area contributed by atoms with Crippen LogP contribution in [-0.4, -0.2) is 87.9 Å². The third kappa shape index (κ3) is 16.6. The monoisotopic (exact) mass is 949 g/mol. The molecule has 4 saturated carbocycles. The van der Waals surface area contributed by atoms with Gasteiger partial charge in [0.25, 0.3) is 11.8 Å². The smallest absolute Gasteiger partial charge is 0.415 e. The Bertz CT molecular complexity index is 1440. The highest BCUT2D eigenvalue weighted by Gasteiger charge is 2.60. The lowest BCUT2D eigenvalue weighted by molar-refractivity contribution is -0.360. The number of aliphatic hydroxyl groups excluding tert-OH is 1. The fourth-order valence-corrected chi connectivity index (χ4v) is 8.46. The number of carbonyl (C=O) groups is 5. The van der Waals surface area contributed by atoms with Gasteiger partial charge in [0.2, 0.25) is 0 Å². The fourth-order valence-electron chi connectivity index (χ4n) is 8.04. The first kappa shape index (κ1) is 53.5. The maximum absolute atomic E-state index is 14.1. The van der Waals surface area contributed by atoms with Crippen molar-refractivity contribution in [1.29, 1.82) is 0 Å². The molecule has 0 radical (unpaired) electrons. The summed E-state index contributed by atoms with van der Waals surface area (Å²) in [5.74, 6) is -11.2. The summed E-state index contributed by atoms with van der Waals surface area (Å²) in [4.78, 5) is 61.8. The minimum atomic E-state index is -4.20. The summed E-state index contributed by atoms with van der Waals surface area (Å²) >= 11 is -1.67. The van der Waals surface area contributed by atoms with Crippen LogP contribution in [0.5, 0.6) is 0 Å². The summed E-state index contributed by atoms with van der Waals surface area (Å²) in [6.07, 6.45) is 20.9. The van der Waals surface area contributed by atoms with E-state index in [9.17, 15) is 59.4 Å². The van der Waals surface area contributed by atoms with Gasteiger partial charge in [0.1, 0.15) is 24.1 Å². The van der Waals surface area contributed by atoms with Crippen LogP contribution in [0.1, 0.15) is 103 Å². The number of hydrogen-bond acceptors (Lipinski definition) is 15. The normalized spacial score (nSPS) is 24.2. The molecule has 5 fully saturated rings. The van der Waals surface area contributed by atoms with E-state index in [0.29, 0.717) is 17.6 Å². The minimum Gasteiger partial charge on any atom is -0.476 e. The Labute approximate surface area is 360 Å². The predicted molar refractivity (Wildman–Crippen MR) is 198 cm³/mol. The Kier molecular flexibility index (Phi) is 22.6. The third-order valence-electron chi connectivity index (χ3n) is 11.3. The summed E-state index contributed by atoms with van der Waals surface area (Å²) in [5, 5.41) is 13.3. The molecule has 6 aliphatic rings. The molecular weight excluding hydrogens is 899 g/mol. The molecule has 25 heteroatoms. The Morgan fingerprint density at radius 2 is 1.05 bits per heavy atom. The van der Waals surface area contributed by atoms with E-state index in [1.54, 1.807) is 0 Å². The van der Waals surface area contributed by atoms with Gasteiger partial charge < -0.3 is 19.7 Å². The Morgan fingerprint density at radius 1 is 0.645 bits per heavy atom. The number of aliphatic carboxylic acids is 1. The van der Waals surface area contributed by atoms with Gasteiger partial charge in [-0.3, -0.25) is 14.4 Å². The molecule has 2 amide bonds. The fraction of sp³-hybridized carbons (Fsp3) is 0.811. The highest BCUT2D eigenvalue weighted by Crippen LogP contribution is 2.52. The van der Waals surface area contributed by atoms with Crippen LogP contribution >= 0.6 is 24.1 Å². The first-order valence-corrected chi connectivity index (χ1v) is 21.6. The molecule has 62 heavy (non-hydrogen) atoms. The number of aliphatic hydroxyl groups is 1. The maximum atomic E-state index is 14.1. The van der Waals surface area contributed by atoms with Crippen LogP contribution in [0.2, 0.25) is 0 Å². The molecule has 1 aliphatic heterocycles. The van der Waals surface area contributed by atoms with Gasteiger partial charge in [-0.25, -0.2) is 14.4 Å². The van der Waals surface area contributed by atoms with Crippen molar-refractivity contribution in [3.63, 3.8) is 0 Å². The topological polar surface area (TPSA) is 194 Å². The number of nitrogens with zero attached hydrogens (tertiary/aromatic N) is 1. The summed E-state index contributed by atoms with van der Waals surface area (Å²) in [7, 11) is 0. The Hall–Kier alpha value is -2.81. The average Bonchev–Trinajstić information content (AvgIpc) is 3.97. The van der Waals surface area contributed by atoms with Crippen molar-refractivity contribution in [1.82, 2.24) is 5.06 Å². The van der Waals surface area contributed by atoms with Gasteiger partial charge in [-0.1, -0.05) is 69.9 Å². The van der Waals surface area contributed by atoms with E-state index >= 15 is 0 Å². The standard InChI is InChI=1S/C19H23F2NO5.C9H13F3O4S.C7H14O.C2HF3O4S/c20-19(21,18(25)26-9-11-4-2-1-3-5-11)10-27-22-16(23)14-12-6-7-13(8-12)15(14)17(22)24;10-9(11,17-16-15-12)8(13)14-6-7-4-2-1-3-5-7;8-6-7-4-2-1-3-5-7;3-2(4,1(6)7)10-9-8-5/h6-7,11-15H,1-5,8-10H2;7H,1-6H2;7-8H,1-6H2;(H,6,7). The molecule has 6 rings (SSSR count). The molecule has 5 aliphatic carbocycles. The summed E-state index contributed by atoms with van der Waals surface area (Å²) in [6.45, 7) is -1.03. The van der Waals surface area contributed by atoms with E-state index in [2.05, 4.69) is 23.6 Å². The number of allylic oxidation sites excluding steroid dienone is 2. The third-order valence-corrected chi connectivity index (χ3v) is 12.3. The number of rotatable bonds is 17. The van der Waals surface area contributed by atoms with Gasteiger partial charge in [-0.15, -0.1) is 8.67 Å². The van der Waals surface area contributed by atoms with Crippen molar-refractivity contribution < 1.29 is 103 Å². The lowest BCUT2D eigenvalue weighted by Crippen LogP contribution is -2.42. The van der Waals surface area contributed by atoms with Crippen LogP contribution in [0.4, 0.5) is 35.4 Å². The highest BCUT2D eigenvalue weighted by molar-refractivity contribution is 7.96. The molecule has 4 unspecified atom stereocenters. The molecule has 2 N–H and O–H groups in total. The van der Waals surface area contributed by atoms with Crippen molar-refractivity contribution in [2.24, 2.45) is 41.4 Å². The van der Waals surface area contributed by atoms with Crippen molar-refractivity contribution in [3.05, 3.63) is 12.2 Å². The van der Waals surface area contributed by atoms with Gasteiger partial charge in [0.05, 0.1) is 25.0 Å². The van der Waals surface area contributed by atoms with Crippen LogP contribution in [0.25, 0.3) is 0 Å². The molecule has 15 nitrogen and oxygen atoms in total. The number of hydrogen-bond donors (Lipinski definition) is 2. The van der Waals surface area contributed by atoms with E-state index in [0.717, 1.165) is 70.6 Å². The van der Waals surface area contributed by atoms with Crippen LogP contribution in [0, 0.1) is 41.4 Å². The number of carbonyl (C=O) groups excluding carboxylic acids is 4. The lowest BCUT2D eigenvalue weighted by Gasteiger charge is -2.23. The number of imide groups is 1. The second-order valence-corrected chi connectivity index (χ2v) is 17.2. The van der Waals surface area contributed by atoms with Gasteiger partial charge in [0.15, 0.2) is 6.61 Å². The number of amides is 2. The zero-order valence-electron chi connectivity index (χ0n) is 33.4. The molecule has 0 aromatic heterocycles. The Morgan fingerprint density at radius 3 is 1.44 bits per heavy atom. The summed E-state index contributed by atoms with van der Waals surface area (Å²) in [5.41, 5.74) is 0. The van der Waals surface area contributed by atoms with Crippen LogP contribution in [0.3, 0.4) is 0 Å². The van der Waals surface area contributed by atoms with Crippen molar-refractivity contribution in [2.75, 3.05) is 26.4 Å². The van der Waals surface area contributed by atoms with E-state index in [4.69, 9.17) is 19.8 Å². The summed E-state index contributed by atoms with van der Waals surface area (Å²) < 4.78 is 114. The number of hydroxylamine groups is 2. The predicted octanol–water partition coefficient (Wildman–Crippen LogP) is 8.37. The second kappa shape index (κ2) is 26.2. The first-order chi connectivity index (χ1) is 29.4. The SMILES string of the molecule is O=C(O)C(F)(F)SOOF.O=C(OCC1CCCCC1)C(F)(F)SOOF.O=C1C2C3C=CC(C3)C2C(=O)N1OCC(F)(F)C(=O)OCC1CCCCC1.OCC1CCCCC1. The molecule has 2 bridgehead atoms. The number of alkyl halides is 6. The average molecular weight is 950 g/mol. The zero-order valence-corrected chi connectivity index (χ0v) is 35.1. The van der Waals surface area contributed by atoms with Crippen molar-refractivity contribution >= 4 is 53.8 Å². The van der Waals surface area contributed by atoms with E-state index in [1.807, 2.05) is 12.2 Å². The quantitative estimate of drug-likeness (QED) is 0.0268. The van der Waals surface area contributed by atoms with Crippen LogP contribution in [-0.2, 0) is 57.1 Å². The minimum absolute atomic E-state index is 0.0326. The molecule has 356 valence electrons. The van der Waals surface area contributed by atoms with Gasteiger partial charge in [-0.2, -0.15) is 31.4 Å². The molecule has 0 spiro atoms. The van der Waals surface area contributed by atoms with Crippen molar-refractivity contribution in [3.8, 4) is 0 Å². The molecule has 1 saturated heterocycles. The van der Waals surface area contributed by atoms with E-state index in [-0.39, 0.29) is 36.9 Å². The number of fused-ring (bicyclic) bond motifs is 5. The molecule has 4 atom stereocenters. The highest BCUT2D eigenvalue weighted by atomic mass is 32.2. The molecule has 1 heterocycles. The van der Waals surface area contributed by atoms with Crippen LogP contribution in [0.15, 0.2) is 12.2 Å². The molecular formula is C37H51F8NO14S2.